The van der Waals surface area contributed by atoms with Gasteiger partial charge >= 0.3 is 0 Å². The summed E-state index contributed by atoms with van der Waals surface area (Å²) in [5, 5.41) is 2.98. The Morgan fingerprint density at radius 2 is 1.82 bits per heavy atom. The van der Waals surface area contributed by atoms with E-state index in [1.807, 2.05) is 37.3 Å². The molecular weight excluding hydrogens is 398 g/mol. The summed E-state index contributed by atoms with van der Waals surface area (Å²) in [6.07, 6.45) is 2.09. The standard InChI is InChI=1S/C20H25N3O3S.ClH/c1-20(14-21,17-10-11-17)23-19(24)16-8-5-9-18(12-16)27(25,26)22-13-15-6-3-2-4-7-15;/h2-9,12,17,22H,10-11,13-14,21H2,1H3,(H,23,24);1H. The molecule has 1 amide bonds. The van der Waals surface area contributed by atoms with E-state index in [4.69, 9.17) is 5.73 Å². The summed E-state index contributed by atoms with van der Waals surface area (Å²) in [7, 11) is -3.72. The van der Waals surface area contributed by atoms with Gasteiger partial charge in [-0.25, -0.2) is 13.1 Å². The second-order valence-electron chi connectivity index (χ2n) is 7.19. The molecule has 1 saturated carbocycles. The van der Waals surface area contributed by atoms with Gasteiger partial charge in [0.1, 0.15) is 0 Å². The van der Waals surface area contributed by atoms with Crippen LogP contribution in [-0.4, -0.2) is 26.4 Å². The number of carbonyl (C=O) groups is 1. The van der Waals surface area contributed by atoms with Crippen molar-refractivity contribution in [3.63, 3.8) is 0 Å². The number of hydrogen-bond acceptors (Lipinski definition) is 4. The Morgan fingerprint density at radius 3 is 2.43 bits per heavy atom. The molecule has 0 radical (unpaired) electrons. The summed E-state index contributed by atoms with van der Waals surface area (Å²) < 4.78 is 27.7. The second-order valence-corrected chi connectivity index (χ2v) is 8.95. The molecule has 2 aromatic carbocycles. The molecule has 0 bridgehead atoms. The molecule has 0 saturated heterocycles. The van der Waals surface area contributed by atoms with Crippen molar-refractivity contribution in [2.75, 3.05) is 6.54 Å². The van der Waals surface area contributed by atoms with Crippen LogP contribution in [0.25, 0.3) is 0 Å². The third kappa shape index (κ3) is 5.32. The minimum Gasteiger partial charge on any atom is -0.345 e. The van der Waals surface area contributed by atoms with Gasteiger partial charge in [0.05, 0.1) is 10.4 Å². The third-order valence-corrected chi connectivity index (χ3v) is 6.42. The molecular formula is C20H26ClN3O3S. The van der Waals surface area contributed by atoms with E-state index in [9.17, 15) is 13.2 Å². The summed E-state index contributed by atoms with van der Waals surface area (Å²) in [5.74, 6) is 0.0702. The zero-order valence-electron chi connectivity index (χ0n) is 15.7. The summed E-state index contributed by atoms with van der Waals surface area (Å²) in [5.41, 5.74) is 6.55. The SMILES string of the molecule is CC(CN)(NC(=O)c1cccc(S(=O)(=O)NCc2ccccc2)c1)C1CC1.Cl. The molecule has 1 atom stereocenters. The first-order chi connectivity index (χ1) is 12.8. The predicted octanol–water partition coefficient (Wildman–Crippen LogP) is 2.44. The van der Waals surface area contributed by atoms with Crippen molar-refractivity contribution in [1.82, 2.24) is 10.0 Å². The fraction of sp³-hybridized carbons (Fsp3) is 0.350. The molecule has 0 aromatic heterocycles. The Kier molecular flexibility index (Phi) is 7.22. The van der Waals surface area contributed by atoms with E-state index < -0.39 is 15.6 Å². The molecule has 1 unspecified atom stereocenters. The Morgan fingerprint density at radius 1 is 1.14 bits per heavy atom. The summed E-state index contributed by atoms with van der Waals surface area (Å²) >= 11 is 0. The first-order valence-corrected chi connectivity index (χ1v) is 10.5. The van der Waals surface area contributed by atoms with Crippen LogP contribution >= 0.6 is 12.4 Å². The maximum Gasteiger partial charge on any atom is 0.251 e. The Balaban J connectivity index is 0.00000280. The minimum absolute atomic E-state index is 0. The van der Waals surface area contributed by atoms with Gasteiger partial charge in [-0.05, 0) is 49.4 Å². The molecule has 4 N–H and O–H groups in total. The Labute approximate surface area is 172 Å². The first-order valence-electron chi connectivity index (χ1n) is 9.00. The molecule has 3 rings (SSSR count). The number of nitrogens with one attached hydrogen (secondary N) is 2. The zero-order valence-corrected chi connectivity index (χ0v) is 17.4. The number of benzene rings is 2. The van der Waals surface area contributed by atoms with Gasteiger partial charge in [-0.2, -0.15) is 0 Å². The largest absolute Gasteiger partial charge is 0.345 e. The molecule has 1 aliphatic rings. The van der Waals surface area contributed by atoms with Gasteiger partial charge in [0.15, 0.2) is 0 Å². The summed E-state index contributed by atoms with van der Waals surface area (Å²) in [6.45, 7) is 2.47. The predicted molar refractivity (Wildman–Crippen MR) is 112 cm³/mol. The average molecular weight is 424 g/mol. The van der Waals surface area contributed by atoms with Gasteiger partial charge in [-0.15, -0.1) is 12.4 Å². The van der Waals surface area contributed by atoms with Crippen LogP contribution in [0.5, 0.6) is 0 Å². The molecule has 1 aliphatic carbocycles. The number of halogens is 1. The van der Waals surface area contributed by atoms with Crippen LogP contribution in [0.3, 0.4) is 0 Å². The van der Waals surface area contributed by atoms with Crippen LogP contribution in [0.15, 0.2) is 59.5 Å². The number of rotatable bonds is 8. The Hall–Kier alpha value is -1.93. The lowest BCUT2D eigenvalue weighted by molar-refractivity contribution is 0.0897. The van der Waals surface area contributed by atoms with E-state index in [0.717, 1.165) is 18.4 Å². The highest BCUT2D eigenvalue weighted by atomic mass is 35.5. The Bertz CT molecular complexity index is 917. The molecule has 0 heterocycles. The molecule has 6 nitrogen and oxygen atoms in total. The van der Waals surface area contributed by atoms with Crippen molar-refractivity contribution in [2.24, 2.45) is 11.7 Å². The molecule has 152 valence electrons. The third-order valence-electron chi connectivity index (χ3n) is 5.02. The second kappa shape index (κ2) is 9.05. The van der Waals surface area contributed by atoms with Crippen LogP contribution in [-0.2, 0) is 16.6 Å². The number of hydrogen-bond donors (Lipinski definition) is 3. The van der Waals surface area contributed by atoms with Gasteiger partial charge in [-0.1, -0.05) is 36.4 Å². The van der Waals surface area contributed by atoms with Crippen molar-refractivity contribution in [3.05, 3.63) is 65.7 Å². The van der Waals surface area contributed by atoms with Crippen molar-refractivity contribution >= 4 is 28.3 Å². The lowest BCUT2D eigenvalue weighted by atomic mass is 9.95. The van der Waals surface area contributed by atoms with Crippen molar-refractivity contribution < 1.29 is 13.2 Å². The van der Waals surface area contributed by atoms with Crippen LogP contribution < -0.4 is 15.8 Å². The minimum atomic E-state index is -3.72. The lowest BCUT2D eigenvalue weighted by Gasteiger charge is -2.29. The zero-order chi connectivity index (χ0) is 19.5. The molecule has 28 heavy (non-hydrogen) atoms. The van der Waals surface area contributed by atoms with Gasteiger partial charge < -0.3 is 11.1 Å². The number of sulfonamides is 1. The van der Waals surface area contributed by atoms with E-state index in [2.05, 4.69) is 10.0 Å². The van der Waals surface area contributed by atoms with Crippen LogP contribution in [0.2, 0.25) is 0 Å². The van der Waals surface area contributed by atoms with E-state index in [-0.39, 0.29) is 29.8 Å². The highest BCUT2D eigenvalue weighted by Gasteiger charge is 2.41. The van der Waals surface area contributed by atoms with Crippen LogP contribution in [0.4, 0.5) is 0 Å². The smallest absolute Gasteiger partial charge is 0.251 e. The van der Waals surface area contributed by atoms with Gasteiger partial charge in [0.25, 0.3) is 5.91 Å². The normalized spacial score (nSPS) is 15.9. The van der Waals surface area contributed by atoms with Crippen molar-refractivity contribution in [3.8, 4) is 0 Å². The molecule has 0 aliphatic heterocycles. The molecule has 1 fully saturated rings. The van der Waals surface area contributed by atoms with E-state index >= 15 is 0 Å². The molecule has 8 heteroatoms. The quantitative estimate of drug-likeness (QED) is 0.606. The topological polar surface area (TPSA) is 101 Å². The number of nitrogens with two attached hydrogens (primary N) is 1. The van der Waals surface area contributed by atoms with Crippen LogP contribution in [0.1, 0.15) is 35.7 Å². The fourth-order valence-corrected chi connectivity index (χ4v) is 4.10. The van der Waals surface area contributed by atoms with E-state index in [0.29, 0.717) is 18.0 Å². The van der Waals surface area contributed by atoms with E-state index in [1.54, 1.807) is 12.1 Å². The summed E-state index contributed by atoms with van der Waals surface area (Å²) in [6, 6.07) is 15.3. The number of amides is 1. The summed E-state index contributed by atoms with van der Waals surface area (Å²) in [4.78, 5) is 12.7. The average Bonchev–Trinajstić information content (AvgIpc) is 3.53. The highest BCUT2D eigenvalue weighted by Crippen LogP contribution is 2.39. The molecule has 2 aromatic rings. The van der Waals surface area contributed by atoms with E-state index in [1.165, 1.54) is 12.1 Å². The van der Waals surface area contributed by atoms with Crippen molar-refractivity contribution in [2.45, 2.75) is 36.7 Å². The highest BCUT2D eigenvalue weighted by molar-refractivity contribution is 7.89. The maximum absolute atomic E-state index is 12.6. The van der Waals surface area contributed by atoms with Crippen LogP contribution in [0, 0.1) is 5.92 Å². The monoisotopic (exact) mass is 423 g/mol. The maximum atomic E-state index is 12.6. The number of carbonyl (C=O) groups excluding carboxylic acids is 1. The van der Waals surface area contributed by atoms with Gasteiger partial charge in [-0.3, -0.25) is 4.79 Å². The molecule has 0 spiro atoms. The van der Waals surface area contributed by atoms with Gasteiger partial charge in [0, 0.05) is 18.7 Å². The van der Waals surface area contributed by atoms with Gasteiger partial charge in [0.2, 0.25) is 10.0 Å². The lowest BCUT2D eigenvalue weighted by Crippen LogP contribution is -2.53. The van der Waals surface area contributed by atoms with Crippen molar-refractivity contribution in [1.29, 1.82) is 0 Å². The fourth-order valence-electron chi connectivity index (χ4n) is 3.03. The first kappa shape index (κ1) is 22.4.